The van der Waals surface area contributed by atoms with Crippen molar-refractivity contribution < 1.29 is 4.79 Å². The molecule has 0 aromatic heterocycles. The van der Waals surface area contributed by atoms with E-state index in [0.717, 1.165) is 5.69 Å². The van der Waals surface area contributed by atoms with E-state index in [1.165, 1.54) is 37.9 Å². The number of hydrogen-bond donors (Lipinski definition) is 1. The lowest BCUT2D eigenvalue weighted by molar-refractivity contribution is 0.102. The maximum Gasteiger partial charge on any atom is 0.255 e. The predicted octanol–water partition coefficient (Wildman–Crippen LogP) is 4.49. The van der Waals surface area contributed by atoms with Gasteiger partial charge in [0.15, 0.2) is 0 Å². The van der Waals surface area contributed by atoms with Crippen LogP contribution in [0, 0.1) is 0 Å². The van der Waals surface area contributed by atoms with Crippen molar-refractivity contribution in [3.05, 3.63) is 65.7 Å². The van der Waals surface area contributed by atoms with Gasteiger partial charge >= 0.3 is 0 Å². The standard InChI is InChI=1S/C20H24N2O/c1-16(22-13-6-3-7-14-22)18-11-8-12-19(15-18)21-20(23)17-9-4-2-5-10-17/h2,4-5,8-12,15-16H,3,6-7,13-14H2,1H3,(H,21,23). The maximum atomic E-state index is 12.3. The molecule has 3 heteroatoms. The second-order valence-corrected chi connectivity index (χ2v) is 6.22. The molecule has 3 nitrogen and oxygen atoms in total. The summed E-state index contributed by atoms with van der Waals surface area (Å²) in [6.07, 6.45) is 3.92. The van der Waals surface area contributed by atoms with Crippen LogP contribution in [0.1, 0.15) is 48.1 Å². The van der Waals surface area contributed by atoms with Crippen molar-refractivity contribution in [1.29, 1.82) is 0 Å². The SMILES string of the molecule is CC(c1cccc(NC(=O)c2ccccc2)c1)N1CCCCC1. The van der Waals surface area contributed by atoms with E-state index < -0.39 is 0 Å². The summed E-state index contributed by atoms with van der Waals surface area (Å²) in [7, 11) is 0. The van der Waals surface area contributed by atoms with E-state index in [4.69, 9.17) is 0 Å². The highest BCUT2D eigenvalue weighted by Crippen LogP contribution is 2.26. The van der Waals surface area contributed by atoms with E-state index in [0.29, 0.717) is 11.6 Å². The number of nitrogens with zero attached hydrogens (tertiary/aromatic N) is 1. The summed E-state index contributed by atoms with van der Waals surface area (Å²) in [4.78, 5) is 14.8. The zero-order valence-corrected chi connectivity index (χ0v) is 13.7. The second-order valence-electron chi connectivity index (χ2n) is 6.22. The smallest absolute Gasteiger partial charge is 0.255 e. The highest BCUT2D eigenvalue weighted by atomic mass is 16.1. The van der Waals surface area contributed by atoms with Crippen LogP contribution in [0.15, 0.2) is 54.6 Å². The monoisotopic (exact) mass is 308 g/mol. The summed E-state index contributed by atoms with van der Waals surface area (Å²) in [5.41, 5.74) is 2.81. The third-order valence-electron chi connectivity index (χ3n) is 4.60. The lowest BCUT2D eigenvalue weighted by Gasteiger charge is -2.32. The van der Waals surface area contributed by atoms with Gasteiger partial charge in [-0.05, 0) is 62.7 Å². The summed E-state index contributed by atoms with van der Waals surface area (Å²) in [5, 5.41) is 3.00. The Balaban J connectivity index is 1.71. The van der Waals surface area contributed by atoms with Crippen LogP contribution in [-0.4, -0.2) is 23.9 Å². The Morgan fingerprint density at radius 3 is 2.48 bits per heavy atom. The number of carbonyl (C=O) groups excluding carboxylic acids is 1. The second kappa shape index (κ2) is 7.42. The molecular formula is C20H24N2O. The molecule has 2 aromatic rings. The van der Waals surface area contributed by atoms with Crippen LogP contribution in [0.3, 0.4) is 0 Å². The summed E-state index contributed by atoms with van der Waals surface area (Å²) in [6, 6.07) is 17.9. The number of benzene rings is 2. The molecule has 0 saturated carbocycles. The fraction of sp³-hybridized carbons (Fsp3) is 0.350. The van der Waals surface area contributed by atoms with Crippen molar-refractivity contribution >= 4 is 11.6 Å². The van der Waals surface area contributed by atoms with E-state index in [2.05, 4.69) is 29.3 Å². The van der Waals surface area contributed by atoms with Gasteiger partial charge in [-0.2, -0.15) is 0 Å². The third-order valence-corrected chi connectivity index (χ3v) is 4.60. The van der Waals surface area contributed by atoms with Gasteiger partial charge in [-0.1, -0.05) is 36.8 Å². The Morgan fingerprint density at radius 2 is 1.74 bits per heavy atom. The molecule has 1 amide bonds. The van der Waals surface area contributed by atoms with Crippen LogP contribution in [0.4, 0.5) is 5.69 Å². The van der Waals surface area contributed by atoms with Gasteiger partial charge < -0.3 is 5.32 Å². The predicted molar refractivity (Wildman–Crippen MR) is 94.7 cm³/mol. The summed E-state index contributed by atoms with van der Waals surface area (Å²) in [6.45, 7) is 4.59. The molecule has 1 atom stereocenters. The normalized spacial score (nSPS) is 16.7. The molecule has 0 radical (unpaired) electrons. The van der Waals surface area contributed by atoms with Gasteiger partial charge in [0.05, 0.1) is 0 Å². The molecule has 1 N–H and O–H groups in total. The first-order valence-corrected chi connectivity index (χ1v) is 8.44. The molecule has 1 aliphatic heterocycles. The summed E-state index contributed by atoms with van der Waals surface area (Å²) < 4.78 is 0. The van der Waals surface area contributed by atoms with Crippen LogP contribution in [0.25, 0.3) is 0 Å². The molecule has 1 aliphatic rings. The Bertz CT molecular complexity index is 648. The van der Waals surface area contributed by atoms with Crippen molar-refractivity contribution in [1.82, 2.24) is 4.90 Å². The van der Waals surface area contributed by atoms with Gasteiger partial charge in [0, 0.05) is 17.3 Å². The quantitative estimate of drug-likeness (QED) is 0.903. The molecule has 23 heavy (non-hydrogen) atoms. The van der Waals surface area contributed by atoms with E-state index in [1.807, 2.05) is 42.5 Å². The van der Waals surface area contributed by atoms with Gasteiger partial charge in [-0.3, -0.25) is 9.69 Å². The van der Waals surface area contributed by atoms with E-state index in [-0.39, 0.29) is 5.91 Å². The molecule has 2 aromatic carbocycles. The Kier molecular flexibility index (Phi) is 5.09. The first-order valence-electron chi connectivity index (χ1n) is 8.44. The number of amides is 1. The minimum atomic E-state index is -0.0617. The van der Waals surface area contributed by atoms with Crippen LogP contribution in [0.2, 0.25) is 0 Å². The minimum absolute atomic E-state index is 0.0617. The molecule has 1 unspecified atom stereocenters. The maximum absolute atomic E-state index is 12.3. The molecule has 0 bridgehead atoms. The largest absolute Gasteiger partial charge is 0.322 e. The first kappa shape index (κ1) is 15.8. The molecule has 120 valence electrons. The Morgan fingerprint density at radius 1 is 1.00 bits per heavy atom. The first-order chi connectivity index (χ1) is 11.2. The Labute approximate surface area is 138 Å². The van der Waals surface area contributed by atoms with Gasteiger partial charge in [0.25, 0.3) is 5.91 Å². The van der Waals surface area contributed by atoms with Crippen molar-refractivity contribution in [2.75, 3.05) is 18.4 Å². The molecule has 0 aliphatic carbocycles. The zero-order chi connectivity index (χ0) is 16.1. The van der Waals surface area contributed by atoms with Gasteiger partial charge in [0.2, 0.25) is 0 Å². The van der Waals surface area contributed by atoms with Crippen molar-refractivity contribution in [2.24, 2.45) is 0 Å². The number of anilines is 1. The van der Waals surface area contributed by atoms with E-state index >= 15 is 0 Å². The zero-order valence-electron chi connectivity index (χ0n) is 13.7. The summed E-state index contributed by atoms with van der Waals surface area (Å²) in [5.74, 6) is -0.0617. The average molecular weight is 308 g/mol. The number of likely N-dealkylation sites (tertiary alicyclic amines) is 1. The van der Waals surface area contributed by atoms with Crippen molar-refractivity contribution in [3.63, 3.8) is 0 Å². The molecule has 1 saturated heterocycles. The number of nitrogens with one attached hydrogen (secondary N) is 1. The number of carbonyl (C=O) groups is 1. The number of hydrogen-bond acceptors (Lipinski definition) is 2. The van der Waals surface area contributed by atoms with E-state index in [1.54, 1.807) is 0 Å². The van der Waals surface area contributed by atoms with Crippen molar-refractivity contribution in [2.45, 2.75) is 32.2 Å². The highest BCUT2D eigenvalue weighted by molar-refractivity contribution is 6.04. The average Bonchev–Trinajstić information content (AvgIpc) is 2.63. The van der Waals surface area contributed by atoms with Crippen LogP contribution >= 0.6 is 0 Å². The molecular weight excluding hydrogens is 284 g/mol. The summed E-state index contributed by atoms with van der Waals surface area (Å²) >= 11 is 0. The molecule has 0 spiro atoms. The van der Waals surface area contributed by atoms with Crippen LogP contribution in [0.5, 0.6) is 0 Å². The lowest BCUT2D eigenvalue weighted by atomic mass is 10.0. The van der Waals surface area contributed by atoms with Gasteiger partial charge in [-0.25, -0.2) is 0 Å². The number of rotatable bonds is 4. The third kappa shape index (κ3) is 3.99. The fourth-order valence-corrected chi connectivity index (χ4v) is 3.19. The van der Waals surface area contributed by atoms with Gasteiger partial charge in [-0.15, -0.1) is 0 Å². The molecule has 1 heterocycles. The minimum Gasteiger partial charge on any atom is -0.322 e. The number of piperidine rings is 1. The van der Waals surface area contributed by atoms with Crippen LogP contribution < -0.4 is 5.32 Å². The van der Waals surface area contributed by atoms with E-state index in [9.17, 15) is 4.79 Å². The van der Waals surface area contributed by atoms with Crippen molar-refractivity contribution in [3.8, 4) is 0 Å². The fourth-order valence-electron chi connectivity index (χ4n) is 3.19. The molecule has 1 fully saturated rings. The molecule has 3 rings (SSSR count). The topological polar surface area (TPSA) is 32.3 Å². The Hall–Kier alpha value is -2.13. The lowest BCUT2D eigenvalue weighted by Crippen LogP contribution is -2.32. The van der Waals surface area contributed by atoms with Crippen LogP contribution in [-0.2, 0) is 0 Å². The highest BCUT2D eigenvalue weighted by Gasteiger charge is 2.18. The van der Waals surface area contributed by atoms with Gasteiger partial charge in [0.1, 0.15) is 0 Å².